The van der Waals surface area contributed by atoms with E-state index in [1.54, 1.807) is 33.8 Å². The van der Waals surface area contributed by atoms with Crippen LogP contribution in [0.3, 0.4) is 0 Å². The van der Waals surface area contributed by atoms with E-state index in [2.05, 4.69) is 14.7 Å². The zero-order valence-corrected chi connectivity index (χ0v) is 12.0. The number of aryl methyl sites for hydroxylation is 4. The summed E-state index contributed by atoms with van der Waals surface area (Å²) in [6, 6.07) is 3.24. The summed E-state index contributed by atoms with van der Waals surface area (Å²) in [4.78, 5) is 8.20. The Labute approximate surface area is 111 Å². The minimum Gasteiger partial charge on any atom is -0.465 e. The van der Waals surface area contributed by atoms with E-state index in [1.165, 1.54) is 6.07 Å². The fourth-order valence-electron chi connectivity index (χ4n) is 1.82. The van der Waals surface area contributed by atoms with Crippen LogP contribution in [0.2, 0.25) is 0 Å². The Kier molecular flexibility index (Phi) is 3.32. The van der Waals surface area contributed by atoms with Crippen molar-refractivity contribution in [2.45, 2.75) is 32.6 Å². The van der Waals surface area contributed by atoms with Crippen molar-refractivity contribution in [3.05, 3.63) is 35.0 Å². The van der Waals surface area contributed by atoms with Gasteiger partial charge in [0, 0.05) is 17.5 Å². The third kappa shape index (κ3) is 2.93. The fraction of sp³-hybridized carbons (Fsp3) is 0.333. The first-order chi connectivity index (χ1) is 8.78. The molecule has 2 aromatic rings. The lowest BCUT2D eigenvalue weighted by atomic mass is 10.4. The van der Waals surface area contributed by atoms with Gasteiger partial charge in [-0.05, 0) is 33.8 Å². The molecule has 0 aromatic carbocycles. The molecule has 0 unspecified atom stereocenters. The van der Waals surface area contributed by atoms with Crippen LogP contribution >= 0.6 is 0 Å². The van der Waals surface area contributed by atoms with Crippen molar-refractivity contribution in [1.29, 1.82) is 0 Å². The minimum absolute atomic E-state index is 0.0655. The molecular formula is C12H15N3O3S. The lowest BCUT2D eigenvalue weighted by Gasteiger charge is -2.06. The predicted octanol–water partition coefficient (Wildman–Crippen LogP) is 2.10. The predicted molar refractivity (Wildman–Crippen MR) is 70.5 cm³/mol. The zero-order valence-electron chi connectivity index (χ0n) is 11.2. The van der Waals surface area contributed by atoms with E-state index in [4.69, 9.17) is 4.42 Å². The summed E-state index contributed by atoms with van der Waals surface area (Å²) < 4.78 is 32.0. The highest BCUT2D eigenvalue weighted by molar-refractivity contribution is 7.92. The van der Waals surface area contributed by atoms with Gasteiger partial charge >= 0.3 is 0 Å². The SMILES string of the molecule is Cc1cc(C)nc(NS(=O)(=O)c2cc(C)oc2C)n1. The quantitative estimate of drug-likeness (QED) is 0.931. The van der Waals surface area contributed by atoms with E-state index < -0.39 is 10.0 Å². The molecule has 0 atom stereocenters. The second kappa shape index (κ2) is 4.65. The van der Waals surface area contributed by atoms with Gasteiger partial charge in [0.1, 0.15) is 16.4 Å². The van der Waals surface area contributed by atoms with E-state index in [9.17, 15) is 8.42 Å². The maximum absolute atomic E-state index is 12.2. The number of rotatable bonds is 3. The Hall–Kier alpha value is -1.89. The van der Waals surface area contributed by atoms with Gasteiger partial charge in [-0.1, -0.05) is 0 Å². The van der Waals surface area contributed by atoms with Gasteiger partial charge in [-0.2, -0.15) is 0 Å². The van der Waals surface area contributed by atoms with Crippen molar-refractivity contribution in [3.8, 4) is 0 Å². The van der Waals surface area contributed by atoms with Gasteiger partial charge in [0.2, 0.25) is 5.95 Å². The van der Waals surface area contributed by atoms with Crippen LogP contribution in [0.1, 0.15) is 22.9 Å². The molecule has 0 spiro atoms. The molecule has 0 aliphatic rings. The Bertz CT molecular complexity index is 700. The Morgan fingerprint density at radius 3 is 2.11 bits per heavy atom. The molecule has 7 heteroatoms. The van der Waals surface area contributed by atoms with Gasteiger partial charge in [0.15, 0.2) is 0 Å². The summed E-state index contributed by atoms with van der Waals surface area (Å²) in [6.45, 7) is 6.85. The largest absolute Gasteiger partial charge is 0.465 e. The number of aromatic nitrogens is 2. The summed E-state index contributed by atoms with van der Waals surface area (Å²) in [5, 5.41) is 0. The monoisotopic (exact) mass is 281 g/mol. The molecule has 0 amide bonds. The van der Waals surface area contributed by atoms with Gasteiger partial charge in [-0.25, -0.2) is 23.1 Å². The molecule has 0 radical (unpaired) electrons. The first kappa shape index (κ1) is 13.5. The molecule has 0 aliphatic heterocycles. The van der Waals surface area contributed by atoms with E-state index >= 15 is 0 Å². The molecule has 1 N–H and O–H groups in total. The molecule has 6 nitrogen and oxygen atoms in total. The second-order valence-electron chi connectivity index (χ2n) is 4.36. The molecular weight excluding hydrogens is 266 g/mol. The van der Waals surface area contributed by atoms with Crippen LogP contribution in [0, 0.1) is 27.7 Å². The van der Waals surface area contributed by atoms with Crippen molar-refractivity contribution in [2.24, 2.45) is 0 Å². The molecule has 0 fully saturated rings. The number of furan rings is 1. The molecule has 2 heterocycles. The van der Waals surface area contributed by atoms with E-state index in [0.29, 0.717) is 22.9 Å². The van der Waals surface area contributed by atoms with Crippen LogP contribution in [-0.4, -0.2) is 18.4 Å². The zero-order chi connectivity index (χ0) is 14.2. The van der Waals surface area contributed by atoms with Crippen LogP contribution in [0.5, 0.6) is 0 Å². The van der Waals surface area contributed by atoms with Gasteiger partial charge in [0.05, 0.1) is 0 Å². The van der Waals surface area contributed by atoms with Crippen LogP contribution in [-0.2, 0) is 10.0 Å². The summed E-state index contributed by atoms with van der Waals surface area (Å²) in [7, 11) is -3.73. The van der Waals surface area contributed by atoms with Crippen molar-refractivity contribution in [3.63, 3.8) is 0 Å². The van der Waals surface area contributed by atoms with Crippen LogP contribution in [0.25, 0.3) is 0 Å². The third-order valence-corrected chi connectivity index (χ3v) is 3.93. The normalized spacial score (nSPS) is 11.6. The Morgan fingerprint density at radius 2 is 1.63 bits per heavy atom. The average molecular weight is 281 g/mol. The lowest BCUT2D eigenvalue weighted by Crippen LogP contribution is -2.16. The molecule has 2 aromatic heterocycles. The van der Waals surface area contributed by atoms with Crippen LogP contribution in [0.15, 0.2) is 21.4 Å². The smallest absolute Gasteiger partial charge is 0.267 e. The summed E-state index contributed by atoms with van der Waals surface area (Å²) in [5.74, 6) is 0.948. The van der Waals surface area contributed by atoms with Gasteiger partial charge < -0.3 is 4.42 Å². The number of nitrogens with one attached hydrogen (secondary N) is 1. The highest BCUT2D eigenvalue weighted by Gasteiger charge is 2.21. The first-order valence-corrected chi connectivity index (χ1v) is 7.18. The minimum atomic E-state index is -3.73. The molecule has 19 heavy (non-hydrogen) atoms. The number of anilines is 1. The molecule has 0 aliphatic carbocycles. The molecule has 102 valence electrons. The standard InChI is InChI=1S/C12H15N3O3S/c1-7-5-8(2)14-12(13-7)15-19(16,17)11-6-9(3)18-10(11)4/h5-6H,1-4H3,(H,13,14,15). The molecule has 0 saturated carbocycles. The maximum atomic E-state index is 12.2. The number of nitrogens with zero attached hydrogens (tertiary/aromatic N) is 2. The fourth-order valence-corrected chi connectivity index (χ4v) is 3.00. The highest BCUT2D eigenvalue weighted by atomic mass is 32.2. The van der Waals surface area contributed by atoms with E-state index in [0.717, 1.165) is 0 Å². The van der Waals surface area contributed by atoms with Crippen LogP contribution in [0.4, 0.5) is 5.95 Å². The van der Waals surface area contributed by atoms with E-state index in [1.807, 2.05) is 0 Å². The Balaban J connectivity index is 2.39. The van der Waals surface area contributed by atoms with Crippen molar-refractivity contribution >= 4 is 16.0 Å². The van der Waals surface area contributed by atoms with Gasteiger partial charge in [-0.15, -0.1) is 0 Å². The maximum Gasteiger partial charge on any atom is 0.267 e. The third-order valence-electron chi connectivity index (χ3n) is 2.49. The summed E-state index contributed by atoms with van der Waals surface area (Å²) in [5.41, 5.74) is 1.40. The molecule has 2 rings (SSSR count). The number of hydrogen-bond acceptors (Lipinski definition) is 5. The first-order valence-electron chi connectivity index (χ1n) is 5.70. The average Bonchev–Trinajstić information content (AvgIpc) is 2.56. The van der Waals surface area contributed by atoms with Crippen molar-refractivity contribution in [2.75, 3.05) is 4.72 Å². The summed E-state index contributed by atoms with van der Waals surface area (Å²) in [6.07, 6.45) is 0. The summed E-state index contributed by atoms with van der Waals surface area (Å²) >= 11 is 0. The highest BCUT2D eigenvalue weighted by Crippen LogP contribution is 2.21. The number of hydrogen-bond donors (Lipinski definition) is 1. The van der Waals surface area contributed by atoms with Crippen molar-refractivity contribution < 1.29 is 12.8 Å². The number of sulfonamides is 1. The Morgan fingerprint density at radius 1 is 1.05 bits per heavy atom. The van der Waals surface area contributed by atoms with Gasteiger partial charge in [-0.3, -0.25) is 0 Å². The van der Waals surface area contributed by atoms with E-state index in [-0.39, 0.29) is 10.8 Å². The molecule has 0 saturated heterocycles. The van der Waals surface area contributed by atoms with Crippen molar-refractivity contribution in [1.82, 2.24) is 9.97 Å². The topological polar surface area (TPSA) is 85.1 Å². The molecule has 0 bridgehead atoms. The van der Waals surface area contributed by atoms with Gasteiger partial charge in [0.25, 0.3) is 10.0 Å². The van der Waals surface area contributed by atoms with Crippen LogP contribution < -0.4 is 4.72 Å². The second-order valence-corrected chi connectivity index (χ2v) is 6.01. The lowest BCUT2D eigenvalue weighted by molar-refractivity contribution is 0.496.